The van der Waals surface area contributed by atoms with Crippen molar-refractivity contribution in [1.29, 1.82) is 0 Å². The van der Waals surface area contributed by atoms with Gasteiger partial charge in [-0.25, -0.2) is 0 Å². The van der Waals surface area contributed by atoms with E-state index in [1.54, 1.807) is 0 Å². The summed E-state index contributed by atoms with van der Waals surface area (Å²) in [5.41, 5.74) is 0.878. The van der Waals surface area contributed by atoms with Gasteiger partial charge in [-0.15, -0.1) is 15.3 Å². The molecule has 0 bridgehead atoms. The van der Waals surface area contributed by atoms with E-state index in [1.807, 2.05) is 4.52 Å². The minimum Gasteiger partial charge on any atom is -0.355 e. The fourth-order valence-corrected chi connectivity index (χ4v) is 4.82. The largest absolute Gasteiger partial charge is 0.355 e. The first-order valence-electron chi connectivity index (χ1n) is 11.3. The first-order valence-corrected chi connectivity index (χ1v) is 11.3. The van der Waals surface area contributed by atoms with E-state index in [-0.39, 0.29) is 0 Å². The third-order valence-corrected chi connectivity index (χ3v) is 6.84. The van der Waals surface area contributed by atoms with Gasteiger partial charge in [0, 0.05) is 32.1 Å². The summed E-state index contributed by atoms with van der Waals surface area (Å²) in [7, 11) is 0. The molecule has 3 aliphatic rings. The van der Waals surface area contributed by atoms with Crippen molar-refractivity contribution in [2.45, 2.75) is 50.9 Å². The lowest BCUT2D eigenvalue weighted by atomic mass is 9.96. The molecular weight excluding hydrogens is 350 g/mol. The third kappa shape index (κ3) is 3.87. The molecule has 0 spiro atoms. The van der Waals surface area contributed by atoms with Crippen LogP contribution in [-0.4, -0.2) is 82.0 Å². The Morgan fingerprint density at radius 3 is 2.14 bits per heavy atom. The Morgan fingerprint density at radius 2 is 1.46 bits per heavy atom. The van der Waals surface area contributed by atoms with Crippen molar-refractivity contribution in [1.82, 2.24) is 29.6 Å². The van der Waals surface area contributed by atoms with E-state index in [4.69, 9.17) is 5.10 Å². The van der Waals surface area contributed by atoms with Gasteiger partial charge in [-0.2, -0.15) is 4.52 Å². The Hall–Kier alpha value is -1.73. The molecule has 5 heterocycles. The molecular formula is C21H33N7. The lowest BCUT2D eigenvalue weighted by molar-refractivity contribution is 0.172. The molecule has 28 heavy (non-hydrogen) atoms. The van der Waals surface area contributed by atoms with E-state index < -0.39 is 0 Å². The number of piperidine rings is 1. The first-order chi connectivity index (χ1) is 13.9. The highest BCUT2D eigenvalue weighted by Gasteiger charge is 2.26. The average Bonchev–Trinajstić information content (AvgIpc) is 2.92. The number of likely N-dealkylation sites (tertiary alicyclic amines) is 2. The quantitative estimate of drug-likeness (QED) is 0.790. The van der Waals surface area contributed by atoms with Crippen molar-refractivity contribution >= 4 is 11.5 Å². The number of hydrogen-bond donors (Lipinski definition) is 0. The summed E-state index contributed by atoms with van der Waals surface area (Å²) >= 11 is 0. The van der Waals surface area contributed by atoms with Crippen molar-refractivity contribution in [2.75, 3.05) is 57.3 Å². The summed E-state index contributed by atoms with van der Waals surface area (Å²) in [6.45, 7) is 9.61. The van der Waals surface area contributed by atoms with Crippen LogP contribution in [0.4, 0.5) is 5.82 Å². The van der Waals surface area contributed by atoms with Crippen LogP contribution in [0, 0.1) is 0 Å². The number of nitrogens with zero attached hydrogens (tertiary/aromatic N) is 7. The third-order valence-electron chi connectivity index (χ3n) is 6.84. The maximum atomic E-state index is 4.86. The molecule has 0 radical (unpaired) electrons. The maximum absolute atomic E-state index is 4.86. The van der Waals surface area contributed by atoms with E-state index in [9.17, 15) is 0 Å². The molecule has 152 valence electrons. The van der Waals surface area contributed by atoms with Crippen LogP contribution in [0.15, 0.2) is 12.1 Å². The first kappa shape index (κ1) is 18.3. The number of anilines is 1. The van der Waals surface area contributed by atoms with E-state index in [2.05, 4.69) is 37.0 Å². The fraction of sp³-hybridized carbons (Fsp3) is 0.762. The van der Waals surface area contributed by atoms with E-state index >= 15 is 0 Å². The van der Waals surface area contributed by atoms with Crippen LogP contribution in [-0.2, 0) is 0 Å². The van der Waals surface area contributed by atoms with Crippen molar-refractivity contribution in [2.24, 2.45) is 0 Å². The minimum atomic E-state index is 0.476. The van der Waals surface area contributed by atoms with Crippen molar-refractivity contribution in [3.05, 3.63) is 18.0 Å². The van der Waals surface area contributed by atoms with Gasteiger partial charge in [0.1, 0.15) is 5.82 Å². The van der Waals surface area contributed by atoms with Crippen LogP contribution in [0.2, 0.25) is 0 Å². The molecule has 0 amide bonds. The Morgan fingerprint density at radius 1 is 0.750 bits per heavy atom. The summed E-state index contributed by atoms with van der Waals surface area (Å²) in [5, 5.41) is 13.8. The smallest absolute Gasteiger partial charge is 0.178 e. The van der Waals surface area contributed by atoms with Crippen LogP contribution in [0.25, 0.3) is 5.65 Å². The SMILES string of the molecule is c1cc2nnc(C3CCN(CCN4CCCCCC4)CC3)n2nc1N1CCC1. The van der Waals surface area contributed by atoms with Crippen LogP contribution in [0.5, 0.6) is 0 Å². The molecule has 3 aliphatic heterocycles. The van der Waals surface area contributed by atoms with Gasteiger partial charge in [-0.1, -0.05) is 12.8 Å². The molecule has 7 heteroatoms. The van der Waals surface area contributed by atoms with Crippen LogP contribution < -0.4 is 4.90 Å². The predicted molar refractivity (Wildman–Crippen MR) is 111 cm³/mol. The van der Waals surface area contributed by atoms with Crippen molar-refractivity contribution in [3.63, 3.8) is 0 Å². The molecule has 0 unspecified atom stereocenters. The zero-order valence-electron chi connectivity index (χ0n) is 17.0. The van der Waals surface area contributed by atoms with Crippen molar-refractivity contribution < 1.29 is 0 Å². The lowest BCUT2D eigenvalue weighted by Gasteiger charge is -2.33. The zero-order valence-corrected chi connectivity index (χ0v) is 17.0. The highest BCUT2D eigenvalue weighted by molar-refractivity contribution is 5.47. The van der Waals surface area contributed by atoms with Crippen molar-refractivity contribution in [3.8, 4) is 0 Å². The second-order valence-electron chi connectivity index (χ2n) is 8.73. The van der Waals surface area contributed by atoms with Gasteiger partial charge < -0.3 is 14.7 Å². The van der Waals surface area contributed by atoms with E-state index in [0.717, 1.165) is 43.2 Å². The fourth-order valence-electron chi connectivity index (χ4n) is 4.82. The normalized spacial score (nSPS) is 23.1. The number of fused-ring (bicyclic) bond motifs is 1. The highest BCUT2D eigenvalue weighted by Crippen LogP contribution is 2.27. The average molecular weight is 384 g/mol. The Bertz CT molecular complexity index is 768. The topological polar surface area (TPSA) is 52.8 Å². The highest BCUT2D eigenvalue weighted by atomic mass is 15.4. The zero-order chi connectivity index (χ0) is 18.8. The van der Waals surface area contributed by atoms with Gasteiger partial charge in [-0.05, 0) is 70.4 Å². The summed E-state index contributed by atoms with van der Waals surface area (Å²) in [4.78, 5) is 7.64. The molecule has 0 saturated carbocycles. The minimum absolute atomic E-state index is 0.476. The van der Waals surface area contributed by atoms with Crippen LogP contribution in [0.1, 0.15) is 56.7 Å². The molecule has 2 aromatic rings. The van der Waals surface area contributed by atoms with Gasteiger partial charge in [0.2, 0.25) is 0 Å². The van der Waals surface area contributed by atoms with Crippen LogP contribution in [0.3, 0.4) is 0 Å². The second kappa shape index (κ2) is 8.33. The lowest BCUT2D eigenvalue weighted by Crippen LogP contribution is -2.40. The Labute approximate surface area is 167 Å². The summed E-state index contributed by atoms with van der Waals surface area (Å²) in [6, 6.07) is 4.14. The molecule has 7 nitrogen and oxygen atoms in total. The summed E-state index contributed by atoms with van der Waals surface area (Å²) in [5.74, 6) is 2.60. The standard InChI is InChI=1S/C21H33N7/c1-2-4-11-25(10-3-1)16-17-26-14-8-18(9-15-26)21-23-22-19-6-7-20(24-28(19)21)27-12-5-13-27/h6-7,18H,1-5,8-17H2. The van der Waals surface area contributed by atoms with Gasteiger partial charge in [0.25, 0.3) is 0 Å². The molecule has 0 atom stereocenters. The summed E-state index contributed by atoms with van der Waals surface area (Å²) < 4.78 is 2.01. The predicted octanol–water partition coefficient (Wildman–Crippen LogP) is 2.39. The molecule has 3 fully saturated rings. The number of aromatic nitrogens is 4. The van der Waals surface area contributed by atoms with Crippen LogP contribution >= 0.6 is 0 Å². The van der Waals surface area contributed by atoms with Gasteiger partial charge in [0.05, 0.1) is 0 Å². The maximum Gasteiger partial charge on any atom is 0.178 e. The van der Waals surface area contributed by atoms with Gasteiger partial charge in [0.15, 0.2) is 11.5 Å². The van der Waals surface area contributed by atoms with Gasteiger partial charge in [-0.3, -0.25) is 0 Å². The second-order valence-corrected chi connectivity index (χ2v) is 8.73. The molecule has 0 N–H and O–H groups in total. The molecule has 0 aromatic carbocycles. The molecule has 3 saturated heterocycles. The molecule has 2 aromatic heterocycles. The monoisotopic (exact) mass is 383 g/mol. The molecule has 5 rings (SSSR count). The van der Waals surface area contributed by atoms with E-state index in [0.29, 0.717) is 5.92 Å². The molecule has 0 aliphatic carbocycles. The summed E-state index contributed by atoms with van der Waals surface area (Å²) in [6.07, 6.45) is 9.20. The number of hydrogen-bond acceptors (Lipinski definition) is 6. The van der Waals surface area contributed by atoms with Gasteiger partial charge >= 0.3 is 0 Å². The number of rotatable bonds is 5. The Balaban J connectivity index is 1.18. The van der Waals surface area contributed by atoms with E-state index in [1.165, 1.54) is 71.4 Å². The Kier molecular flexibility index (Phi) is 5.45.